The molecular formula is C15H21F2NO. The van der Waals surface area contributed by atoms with Crippen LogP contribution in [0.15, 0.2) is 18.2 Å². The molecule has 1 aromatic rings. The third-order valence-corrected chi connectivity index (χ3v) is 3.46. The summed E-state index contributed by atoms with van der Waals surface area (Å²) in [5.41, 5.74) is 0.342. The maximum absolute atomic E-state index is 13.8. The SMILES string of the molecule is CC(C)CNCC1CCOC1c1cccc(F)c1F. The van der Waals surface area contributed by atoms with Gasteiger partial charge in [0.05, 0.1) is 6.10 Å². The molecule has 1 aromatic carbocycles. The minimum absolute atomic E-state index is 0.204. The molecule has 0 amide bonds. The van der Waals surface area contributed by atoms with Crippen LogP contribution in [0.2, 0.25) is 0 Å². The summed E-state index contributed by atoms with van der Waals surface area (Å²) in [4.78, 5) is 0. The largest absolute Gasteiger partial charge is 0.373 e. The fraction of sp³-hybridized carbons (Fsp3) is 0.600. The van der Waals surface area contributed by atoms with Crippen LogP contribution in [0.25, 0.3) is 0 Å². The van der Waals surface area contributed by atoms with Crippen LogP contribution in [-0.4, -0.2) is 19.7 Å². The van der Waals surface area contributed by atoms with E-state index in [-0.39, 0.29) is 12.0 Å². The highest BCUT2D eigenvalue weighted by molar-refractivity contribution is 5.22. The highest BCUT2D eigenvalue weighted by atomic mass is 19.2. The average molecular weight is 269 g/mol. The highest BCUT2D eigenvalue weighted by Crippen LogP contribution is 2.35. The van der Waals surface area contributed by atoms with Crippen LogP contribution in [0.3, 0.4) is 0 Å². The van der Waals surface area contributed by atoms with E-state index < -0.39 is 11.6 Å². The molecule has 2 nitrogen and oxygen atoms in total. The Morgan fingerprint density at radius 3 is 2.89 bits per heavy atom. The first-order valence-electron chi connectivity index (χ1n) is 6.85. The van der Waals surface area contributed by atoms with E-state index in [1.165, 1.54) is 6.07 Å². The molecular weight excluding hydrogens is 248 g/mol. The first-order valence-corrected chi connectivity index (χ1v) is 6.85. The molecule has 1 aliphatic heterocycles. The lowest BCUT2D eigenvalue weighted by atomic mass is 9.94. The van der Waals surface area contributed by atoms with Gasteiger partial charge in [-0.25, -0.2) is 8.78 Å². The standard InChI is InChI=1S/C15H21F2NO/c1-10(2)8-18-9-11-6-7-19-15(11)12-4-3-5-13(16)14(12)17/h3-5,10-11,15,18H,6-9H2,1-2H3. The first-order chi connectivity index (χ1) is 9.09. The predicted octanol–water partition coefficient (Wildman–Crippen LogP) is 3.29. The molecule has 1 heterocycles. The Bertz CT molecular complexity index is 423. The van der Waals surface area contributed by atoms with E-state index in [4.69, 9.17) is 4.74 Å². The van der Waals surface area contributed by atoms with E-state index >= 15 is 0 Å². The minimum Gasteiger partial charge on any atom is -0.373 e. The number of rotatable bonds is 5. The molecule has 1 N–H and O–H groups in total. The van der Waals surface area contributed by atoms with Crippen molar-refractivity contribution in [1.29, 1.82) is 0 Å². The first kappa shape index (κ1) is 14.4. The molecule has 0 saturated carbocycles. The molecule has 1 fully saturated rings. The number of halogens is 2. The van der Waals surface area contributed by atoms with Crippen LogP contribution >= 0.6 is 0 Å². The van der Waals surface area contributed by atoms with Crippen molar-refractivity contribution in [1.82, 2.24) is 5.32 Å². The molecule has 0 aromatic heterocycles. The van der Waals surface area contributed by atoms with Gasteiger partial charge in [-0.1, -0.05) is 26.0 Å². The Hall–Kier alpha value is -1.00. The minimum atomic E-state index is -0.804. The van der Waals surface area contributed by atoms with E-state index in [0.29, 0.717) is 18.1 Å². The van der Waals surface area contributed by atoms with Crippen LogP contribution in [0, 0.1) is 23.5 Å². The van der Waals surface area contributed by atoms with Gasteiger partial charge in [0.1, 0.15) is 0 Å². The summed E-state index contributed by atoms with van der Waals surface area (Å²) in [5, 5.41) is 3.36. The fourth-order valence-corrected chi connectivity index (χ4v) is 2.48. The zero-order chi connectivity index (χ0) is 13.8. The van der Waals surface area contributed by atoms with Crippen molar-refractivity contribution < 1.29 is 13.5 Å². The van der Waals surface area contributed by atoms with Gasteiger partial charge in [0.2, 0.25) is 0 Å². The topological polar surface area (TPSA) is 21.3 Å². The second-order valence-electron chi connectivity index (χ2n) is 5.54. The van der Waals surface area contributed by atoms with Crippen molar-refractivity contribution >= 4 is 0 Å². The zero-order valence-corrected chi connectivity index (χ0v) is 11.5. The molecule has 0 spiro atoms. The van der Waals surface area contributed by atoms with Crippen LogP contribution in [-0.2, 0) is 4.74 Å². The lowest BCUT2D eigenvalue weighted by Crippen LogP contribution is -2.28. The van der Waals surface area contributed by atoms with Crippen LogP contribution < -0.4 is 5.32 Å². The quantitative estimate of drug-likeness (QED) is 0.885. The molecule has 2 atom stereocenters. The number of hydrogen-bond donors (Lipinski definition) is 1. The monoisotopic (exact) mass is 269 g/mol. The number of ether oxygens (including phenoxy) is 1. The smallest absolute Gasteiger partial charge is 0.164 e. The van der Waals surface area contributed by atoms with Gasteiger partial charge in [0, 0.05) is 24.6 Å². The van der Waals surface area contributed by atoms with Crippen LogP contribution in [0.4, 0.5) is 8.78 Å². The summed E-state index contributed by atoms with van der Waals surface area (Å²) >= 11 is 0. The second kappa shape index (κ2) is 6.44. The second-order valence-corrected chi connectivity index (χ2v) is 5.54. The molecule has 19 heavy (non-hydrogen) atoms. The van der Waals surface area contributed by atoms with Crippen molar-refractivity contribution in [3.8, 4) is 0 Å². The van der Waals surface area contributed by atoms with Crippen molar-refractivity contribution in [2.24, 2.45) is 11.8 Å². The van der Waals surface area contributed by atoms with Crippen molar-refractivity contribution in [2.75, 3.05) is 19.7 Å². The molecule has 106 valence electrons. The Morgan fingerprint density at radius 2 is 2.16 bits per heavy atom. The van der Waals surface area contributed by atoms with E-state index in [2.05, 4.69) is 19.2 Å². The molecule has 0 aliphatic carbocycles. The maximum atomic E-state index is 13.8. The summed E-state index contributed by atoms with van der Waals surface area (Å²) in [7, 11) is 0. The molecule has 2 rings (SSSR count). The number of hydrogen-bond acceptors (Lipinski definition) is 2. The van der Waals surface area contributed by atoms with Gasteiger partial charge in [0.15, 0.2) is 11.6 Å². The number of nitrogens with one attached hydrogen (secondary N) is 1. The van der Waals surface area contributed by atoms with Gasteiger partial charge in [-0.05, 0) is 24.9 Å². The highest BCUT2D eigenvalue weighted by Gasteiger charge is 2.31. The summed E-state index contributed by atoms with van der Waals surface area (Å²) in [6.45, 7) is 6.59. The van der Waals surface area contributed by atoms with Gasteiger partial charge in [-0.3, -0.25) is 0 Å². The van der Waals surface area contributed by atoms with Gasteiger partial charge in [-0.15, -0.1) is 0 Å². The summed E-state index contributed by atoms with van der Waals surface area (Å²) in [6.07, 6.45) is 0.543. The third kappa shape index (κ3) is 3.51. The van der Waals surface area contributed by atoms with Gasteiger partial charge >= 0.3 is 0 Å². The van der Waals surface area contributed by atoms with Crippen molar-refractivity contribution in [3.63, 3.8) is 0 Å². The normalized spacial score (nSPS) is 23.2. The number of benzene rings is 1. The van der Waals surface area contributed by atoms with Gasteiger partial charge in [0.25, 0.3) is 0 Å². The molecule has 0 radical (unpaired) electrons. The molecule has 4 heteroatoms. The fourth-order valence-electron chi connectivity index (χ4n) is 2.48. The van der Waals surface area contributed by atoms with E-state index in [9.17, 15) is 8.78 Å². The lowest BCUT2D eigenvalue weighted by molar-refractivity contribution is 0.0867. The zero-order valence-electron chi connectivity index (χ0n) is 11.5. The van der Waals surface area contributed by atoms with Crippen LogP contribution in [0.5, 0.6) is 0 Å². The van der Waals surface area contributed by atoms with E-state index in [0.717, 1.165) is 25.6 Å². The molecule has 0 bridgehead atoms. The summed E-state index contributed by atoms with van der Waals surface area (Å²) in [5.74, 6) is -0.799. The van der Waals surface area contributed by atoms with E-state index in [1.807, 2.05) is 0 Å². The van der Waals surface area contributed by atoms with Crippen molar-refractivity contribution in [3.05, 3.63) is 35.4 Å². The summed E-state index contributed by atoms with van der Waals surface area (Å²) < 4.78 is 32.7. The Kier molecular flexibility index (Phi) is 4.88. The van der Waals surface area contributed by atoms with Gasteiger partial charge < -0.3 is 10.1 Å². The Labute approximate surface area is 113 Å². The molecule has 1 saturated heterocycles. The molecule has 1 aliphatic rings. The summed E-state index contributed by atoms with van der Waals surface area (Å²) in [6, 6.07) is 4.29. The van der Waals surface area contributed by atoms with E-state index in [1.54, 1.807) is 6.07 Å². The molecule has 2 unspecified atom stereocenters. The Morgan fingerprint density at radius 1 is 1.37 bits per heavy atom. The van der Waals surface area contributed by atoms with Crippen molar-refractivity contribution in [2.45, 2.75) is 26.4 Å². The maximum Gasteiger partial charge on any atom is 0.164 e. The lowest BCUT2D eigenvalue weighted by Gasteiger charge is -2.20. The predicted molar refractivity (Wildman–Crippen MR) is 70.9 cm³/mol. The Balaban J connectivity index is 2.04. The van der Waals surface area contributed by atoms with Gasteiger partial charge in [-0.2, -0.15) is 0 Å². The third-order valence-electron chi connectivity index (χ3n) is 3.46. The van der Waals surface area contributed by atoms with Crippen LogP contribution in [0.1, 0.15) is 31.9 Å². The average Bonchev–Trinajstić information content (AvgIpc) is 2.80.